The van der Waals surface area contributed by atoms with Gasteiger partial charge in [-0.05, 0) is 36.0 Å². The first-order valence-corrected chi connectivity index (χ1v) is 9.33. The molecule has 3 N–H and O–H groups in total. The lowest BCUT2D eigenvalue weighted by molar-refractivity contribution is -0.141. The molecule has 27 heavy (non-hydrogen) atoms. The van der Waals surface area contributed by atoms with Crippen molar-refractivity contribution in [3.8, 4) is 0 Å². The van der Waals surface area contributed by atoms with Crippen molar-refractivity contribution < 1.29 is 13.2 Å². The summed E-state index contributed by atoms with van der Waals surface area (Å²) in [5.41, 5.74) is 5.64. The smallest absolute Gasteiger partial charge is 0.374 e. The molecular formula is C19H20F3N5. The van der Waals surface area contributed by atoms with E-state index in [2.05, 4.69) is 26.0 Å². The standard InChI is InChI=1S/C19H20F3N5/c20-19(21,22)18-13(9-24-27-18)16-7-11(10-3-1-2-4-10)17-12-8-23-26-14(12)5-6-15(17)25-16/h5-10,12,14,16,25-26H,1-4H2,(H,24,27). The summed E-state index contributed by atoms with van der Waals surface area (Å²) < 4.78 is 40.1. The highest BCUT2D eigenvalue weighted by Crippen LogP contribution is 2.45. The molecule has 0 spiro atoms. The zero-order valence-electron chi connectivity index (χ0n) is 14.6. The second-order valence-electron chi connectivity index (χ2n) is 7.56. The van der Waals surface area contributed by atoms with E-state index in [1.165, 1.54) is 30.2 Å². The second kappa shape index (κ2) is 6.00. The molecule has 3 heterocycles. The summed E-state index contributed by atoms with van der Waals surface area (Å²) in [6, 6.07) is -0.436. The third-order valence-corrected chi connectivity index (χ3v) is 5.98. The number of hydrogen-bond acceptors (Lipinski definition) is 4. The molecule has 1 aromatic heterocycles. The van der Waals surface area contributed by atoms with Gasteiger partial charge < -0.3 is 10.7 Å². The maximum Gasteiger partial charge on any atom is 0.435 e. The molecule has 2 aliphatic carbocycles. The van der Waals surface area contributed by atoms with E-state index < -0.39 is 17.9 Å². The first-order valence-electron chi connectivity index (χ1n) is 9.33. The molecule has 0 saturated heterocycles. The molecule has 2 aliphatic heterocycles. The molecule has 0 radical (unpaired) electrons. The molecule has 3 atom stereocenters. The van der Waals surface area contributed by atoms with Crippen LogP contribution >= 0.6 is 0 Å². The number of dihydropyridines is 1. The molecule has 1 fully saturated rings. The summed E-state index contributed by atoms with van der Waals surface area (Å²) in [7, 11) is 0. The summed E-state index contributed by atoms with van der Waals surface area (Å²) in [6.45, 7) is 0. The van der Waals surface area contributed by atoms with Crippen LogP contribution in [0.2, 0.25) is 0 Å². The summed E-state index contributed by atoms with van der Waals surface area (Å²) in [5.74, 6) is 0.513. The Kier molecular flexibility index (Phi) is 3.70. The minimum Gasteiger partial charge on any atom is -0.374 e. The van der Waals surface area contributed by atoms with Crippen molar-refractivity contribution in [1.82, 2.24) is 20.9 Å². The van der Waals surface area contributed by atoms with Crippen LogP contribution in [0.3, 0.4) is 0 Å². The quantitative estimate of drug-likeness (QED) is 0.740. The van der Waals surface area contributed by atoms with Crippen molar-refractivity contribution in [1.29, 1.82) is 0 Å². The number of aromatic nitrogens is 2. The van der Waals surface area contributed by atoms with E-state index in [-0.39, 0.29) is 17.5 Å². The molecule has 8 heteroatoms. The highest BCUT2D eigenvalue weighted by Gasteiger charge is 2.41. The number of halogens is 3. The van der Waals surface area contributed by atoms with Crippen LogP contribution in [-0.4, -0.2) is 22.5 Å². The van der Waals surface area contributed by atoms with Gasteiger partial charge in [-0.3, -0.25) is 5.10 Å². The number of nitrogens with one attached hydrogen (secondary N) is 3. The van der Waals surface area contributed by atoms with E-state index in [0.29, 0.717) is 5.92 Å². The third-order valence-electron chi connectivity index (χ3n) is 5.98. The van der Waals surface area contributed by atoms with Crippen LogP contribution in [0.4, 0.5) is 13.2 Å². The Morgan fingerprint density at radius 1 is 1.15 bits per heavy atom. The van der Waals surface area contributed by atoms with Crippen molar-refractivity contribution in [3.63, 3.8) is 0 Å². The van der Waals surface area contributed by atoms with Gasteiger partial charge in [0, 0.05) is 29.6 Å². The van der Waals surface area contributed by atoms with E-state index >= 15 is 0 Å². The molecule has 1 aromatic rings. The average molecular weight is 375 g/mol. The van der Waals surface area contributed by atoms with Crippen molar-refractivity contribution in [2.24, 2.45) is 16.9 Å². The number of rotatable bonds is 2. The fraction of sp³-hybridized carbons (Fsp3) is 0.474. The van der Waals surface area contributed by atoms with Gasteiger partial charge in [-0.2, -0.15) is 23.4 Å². The van der Waals surface area contributed by atoms with Gasteiger partial charge in [0.05, 0.1) is 12.1 Å². The second-order valence-corrected chi connectivity index (χ2v) is 7.56. The summed E-state index contributed by atoms with van der Waals surface area (Å²) in [4.78, 5) is 0. The normalized spacial score (nSPS) is 30.0. The van der Waals surface area contributed by atoms with E-state index in [1.807, 2.05) is 24.4 Å². The highest BCUT2D eigenvalue weighted by molar-refractivity contribution is 5.74. The average Bonchev–Trinajstić information content (AvgIpc) is 3.40. The maximum absolute atomic E-state index is 13.4. The highest BCUT2D eigenvalue weighted by atomic mass is 19.4. The van der Waals surface area contributed by atoms with Crippen molar-refractivity contribution in [2.75, 3.05) is 0 Å². The molecular weight excluding hydrogens is 355 g/mol. The first kappa shape index (κ1) is 16.6. The first-order chi connectivity index (χ1) is 13.0. The largest absolute Gasteiger partial charge is 0.435 e. The molecule has 0 bridgehead atoms. The predicted octanol–water partition coefficient (Wildman–Crippen LogP) is 3.59. The molecule has 3 unspecified atom stereocenters. The number of allylic oxidation sites excluding steroid dienone is 2. The number of hydrogen-bond donors (Lipinski definition) is 3. The van der Waals surface area contributed by atoms with Gasteiger partial charge in [-0.25, -0.2) is 0 Å². The van der Waals surface area contributed by atoms with Crippen LogP contribution in [0.5, 0.6) is 0 Å². The minimum atomic E-state index is -4.48. The monoisotopic (exact) mass is 375 g/mol. The van der Waals surface area contributed by atoms with Crippen molar-refractivity contribution in [2.45, 2.75) is 43.9 Å². The summed E-state index contributed by atoms with van der Waals surface area (Å²) >= 11 is 0. The van der Waals surface area contributed by atoms with Gasteiger partial charge in [0.15, 0.2) is 5.69 Å². The van der Waals surface area contributed by atoms with Crippen LogP contribution in [-0.2, 0) is 6.18 Å². The van der Waals surface area contributed by atoms with Crippen LogP contribution in [0, 0.1) is 11.8 Å². The van der Waals surface area contributed by atoms with Gasteiger partial charge in [0.1, 0.15) is 0 Å². The number of nitrogens with zero attached hydrogens (tertiary/aromatic N) is 2. The predicted molar refractivity (Wildman–Crippen MR) is 94.6 cm³/mol. The molecule has 0 amide bonds. The van der Waals surface area contributed by atoms with Gasteiger partial charge in [0.25, 0.3) is 0 Å². The minimum absolute atomic E-state index is 0.117. The fourth-order valence-electron chi connectivity index (χ4n) is 4.74. The van der Waals surface area contributed by atoms with Crippen molar-refractivity contribution in [3.05, 3.63) is 52.5 Å². The van der Waals surface area contributed by atoms with Crippen molar-refractivity contribution >= 4 is 6.21 Å². The zero-order chi connectivity index (χ0) is 18.6. The molecule has 1 saturated carbocycles. The molecule has 142 valence electrons. The third kappa shape index (κ3) is 2.69. The lowest BCUT2D eigenvalue weighted by atomic mass is 9.75. The zero-order valence-corrected chi connectivity index (χ0v) is 14.6. The molecule has 4 aliphatic rings. The van der Waals surface area contributed by atoms with E-state index in [0.717, 1.165) is 18.5 Å². The molecule has 5 nitrogen and oxygen atoms in total. The maximum atomic E-state index is 13.4. The van der Waals surface area contributed by atoms with Crippen LogP contribution in [0.15, 0.2) is 46.4 Å². The Labute approximate surface area is 154 Å². The Morgan fingerprint density at radius 2 is 1.96 bits per heavy atom. The van der Waals surface area contributed by atoms with E-state index in [9.17, 15) is 13.2 Å². The van der Waals surface area contributed by atoms with E-state index in [4.69, 9.17) is 0 Å². The number of alkyl halides is 3. The van der Waals surface area contributed by atoms with Crippen LogP contribution in [0.1, 0.15) is 43.0 Å². The number of hydrazone groups is 1. The number of fused-ring (bicyclic) bond motifs is 2. The van der Waals surface area contributed by atoms with Gasteiger partial charge in [-0.1, -0.05) is 25.0 Å². The Hall–Kier alpha value is -2.51. The Balaban J connectivity index is 1.58. The lowest BCUT2D eigenvalue weighted by Gasteiger charge is -2.36. The summed E-state index contributed by atoms with van der Waals surface area (Å²) in [5, 5.41) is 13.4. The number of H-pyrrole nitrogens is 1. The van der Waals surface area contributed by atoms with Crippen LogP contribution in [0.25, 0.3) is 0 Å². The SMILES string of the molecule is FC(F)(F)c1n[nH]cc1C1C=C(C2CCCC2)C2=C(C=CC3NN=CC23)N1. The van der Waals surface area contributed by atoms with Crippen LogP contribution < -0.4 is 10.7 Å². The van der Waals surface area contributed by atoms with Gasteiger partial charge >= 0.3 is 6.18 Å². The lowest BCUT2D eigenvalue weighted by Crippen LogP contribution is -2.37. The fourth-order valence-corrected chi connectivity index (χ4v) is 4.74. The number of aromatic amines is 1. The molecule has 0 aromatic carbocycles. The molecule has 5 rings (SSSR count). The van der Waals surface area contributed by atoms with Gasteiger partial charge in [-0.15, -0.1) is 0 Å². The van der Waals surface area contributed by atoms with E-state index in [1.54, 1.807) is 0 Å². The Bertz CT molecular complexity index is 870. The Morgan fingerprint density at radius 3 is 2.74 bits per heavy atom. The summed E-state index contributed by atoms with van der Waals surface area (Å²) in [6.07, 6.45) is 9.25. The van der Waals surface area contributed by atoms with Gasteiger partial charge in [0.2, 0.25) is 0 Å². The topological polar surface area (TPSA) is 65.1 Å².